The number of piperazine rings is 1. The van der Waals surface area contributed by atoms with Crippen molar-refractivity contribution in [3.05, 3.63) is 58.1 Å². The predicted octanol–water partition coefficient (Wildman–Crippen LogP) is 3.98. The lowest BCUT2D eigenvalue weighted by Gasteiger charge is -2.35. The smallest absolute Gasteiger partial charge is 0.219 e. The van der Waals surface area contributed by atoms with Crippen molar-refractivity contribution in [1.82, 2.24) is 9.80 Å². The molecular formula is C27H34Cl2N4O4. The standard InChI is InChI=1S/C27H34Cl2N4O4/c1-19(34)32-10-12-33(13-11-32)22-6-8-23(9-7-22)35-16-24-17-36-27(37-24)26(31(3)18-30-2)14-20-4-5-21(28)15-25(20)29/h4-9,15,18,24,26-27H,10-14,16-17H2,1-3H3/t24-,26?,27+/m1/s1. The molecular weight excluding hydrogens is 515 g/mol. The molecule has 2 aromatic rings. The summed E-state index contributed by atoms with van der Waals surface area (Å²) in [7, 11) is 3.67. The zero-order valence-corrected chi connectivity index (χ0v) is 23.0. The van der Waals surface area contributed by atoms with E-state index in [9.17, 15) is 4.79 Å². The van der Waals surface area contributed by atoms with Crippen LogP contribution >= 0.6 is 23.2 Å². The van der Waals surface area contributed by atoms with Gasteiger partial charge in [-0.05, 0) is 48.4 Å². The Morgan fingerprint density at radius 3 is 2.57 bits per heavy atom. The van der Waals surface area contributed by atoms with Crippen molar-refractivity contribution in [3.63, 3.8) is 0 Å². The molecule has 0 spiro atoms. The Morgan fingerprint density at radius 2 is 1.92 bits per heavy atom. The Morgan fingerprint density at radius 1 is 1.19 bits per heavy atom. The maximum absolute atomic E-state index is 11.5. The zero-order chi connectivity index (χ0) is 26.4. The normalized spacial score (nSPS) is 20.9. The number of nitrogens with zero attached hydrogens (tertiary/aromatic N) is 4. The summed E-state index contributed by atoms with van der Waals surface area (Å²) in [5.74, 6) is 0.909. The first-order valence-corrected chi connectivity index (χ1v) is 13.2. The fraction of sp³-hybridized carbons (Fsp3) is 0.481. The lowest BCUT2D eigenvalue weighted by Crippen LogP contribution is -2.48. The Kier molecular flexibility index (Phi) is 9.54. The van der Waals surface area contributed by atoms with Crippen molar-refractivity contribution in [1.29, 1.82) is 0 Å². The second-order valence-electron chi connectivity index (χ2n) is 9.30. The largest absolute Gasteiger partial charge is 0.491 e. The molecule has 3 atom stereocenters. The molecule has 4 rings (SSSR count). The number of carbonyl (C=O) groups is 1. The van der Waals surface area contributed by atoms with Crippen LogP contribution in [-0.4, -0.2) is 94.0 Å². The van der Waals surface area contributed by atoms with E-state index >= 15 is 0 Å². The van der Waals surface area contributed by atoms with Gasteiger partial charge in [-0.2, -0.15) is 0 Å². The van der Waals surface area contributed by atoms with Gasteiger partial charge < -0.3 is 28.9 Å². The van der Waals surface area contributed by atoms with Gasteiger partial charge in [-0.3, -0.25) is 9.79 Å². The molecule has 0 saturated carbocycles. The summed E-state index contributed by atoms with van der Waals surface area (Å²) in [6.07, 6.45) is 1.71. The van der Waals surface area contributed by atoms with Crippen LogP contribution in [0.4, 0.5) is 5.69 Å². The molecule has 2 heterocycles. The molecule has 0 radical (unpaired) electrons. The van der Waals surface area contributed by atoms with Gasteiger partial charge in [0.05, 0.1) is 19.0 Å². The number of anilines is 1. The molecule has 0 aromatic heterocycles. The summed E-state index contributed by atoms with van der Waals surface area (Å²) in [4.78, 5) is 21.8. The van der Waals surface area contributed by atoms with E-state index in [2.05, 4.69) is 22.0 Å². The van der Waals surface area contributed by atoms with E-state index in [0.717, 1.165) is 43.2 Å². The molecule has 2 saturated heterocycles. The summed E-state index contributed by atoms with van der Waals surface area (Å²) < 4.78 is 18.3. The Balaban J connectivity index is 1.30. The van der Waals surface area contributed by atoms with Crippen molar-refractivity contribution in [2.75, 3.05) is 58.4 Å². The number of halogens is 2. The Bertz CT molecular complexity index is 1080. The number of benzene rings is 2. The van der Waals surface area contributed by atoms with Gasteiger partial charge >= 0.3 is 0 Å². The number of rotatable bonds is 9. The molecule has 37 heavy (non-hydrogen) atoms. The van der Waals surface area contributed by atoms with E-state index in [1.165, 1.54) is 0 Å². The Labute approximate surface area is 228 Å². The van der Waals surface area contributed by atoms with Crippen molar-refractivity contribution in [2.24, 2.45) is 4.99 Å². The number of hydrogen-bond donors (Lipinski definition) is 0. The fourth-order valence-electron chi connectivity index (χ4n) is 4.59. The summed E-state index contributed by atoms with van der Waals surface area (Å²) in [5, 5.41) is 1.21. The van der Waals surface area contributed by atoms with Crippen LogP contribution < -0.4 is 9.64 Å². The van der Waals surface area contributed by atoms with Crippen molar-refractivity contribution >= 4 is 41.1 Å². The molecule has 1 amide bonds. The highest BCUT2D eigenvalue weighted by molar-refractivity contribution is 6.35. The highest BCUT2D eigenvalue weighted by Gasteiger charge is 2.35. The number of hydrogen-bond acceptors (Lipinski definition) is 6. The number of likely N-dealkylation sites (N-methyl/N-ethyl adjacent to an activating group) is 1. The third-order valence-corrected chi connectivity index (χ3v) is 7.30. The van der Waals surface area contributed by atoms with Gasteiger partial charge in [-0.25, -0.2) is 0 Å². The minimum Gasteiger partial charge on any atom is -0.491 e. The molecule has 2 fully saturated rings. The van der Waals surface area contributed by atoms with Crippen LogP contribution in [-0.2, 0) is 20.7 Å². The van der Waals surface area contributed by atoms with Crippen LogP contribution in [0.15, 0.2) is 47.5 Å². The molecule has 8 nitrogen and oxygen atoms in total. The van der Waals surface area contributed by atoms with E-state index < -0.39 is 6.29 Å². The maximum Gasteiger partial charge on any atom is 0.219 e. The van der Waals surface area contributed by atoms with Gasteiger partial charge in [-0.15, -0.1) is 0 Å². The number of carbonyl (C=O) groups excluding carboxylic acids is 1. The average molecular weight is 549 g/mol. The topological polar surface area (TPSA) is 66.8 Å². The highest BCUT2D eigenvalue weighted by atomic mass is 35.5. The lowest BCUT2D eigenvalue weighted by atomic mass is 10.0. The average Bonchev–Trinajstić information content (AvgIpc) is 3.36. The van der Waals surface area contributed by atoms with E-state index in [4.69, 9.17) is 37.4 Å². The molecule has 0 aliphatic carbocycles. The number of aliphatic imine (C=N–C) groups is 1. The predicted molar refractivity (Wildman–Crippen MR) is 147 cm³/mol. The van der Waals surface area contributed by atoms with E-state index in [1.807, 2.05) is 41.1 Å². The van der Waals surface area contributed by atoms with Gasteiger partial charge in [0.25, 0.3) is 0 Å². The first-order valence-electron chi connectivity index (χ1n) is 12.4. The maximum atomic E-state index is 11.5. The second-order valence-corrected chi connectivity index (χ2v) is 10.1. The summed E-state index contributed by atoms with van der Waals surface area (Å²) >= 11 is 12.5. The van der Waals surface area contributed by atoms with Gasteiger partial charge in [0.15, 0.2) is 6.29 Å². The molecule has 200 valence electrons. The molecule has 1 unspecified atom stereocenters. The van der Waals surface area contributed by atoms with Gasteiger partial charge in [0.2, 0.25) is 5.91 Å². The second kappa shape index (κ2) is 12.8. The monoisotopic (exact) mass is 548 g/mol. The van der Waals surface area contributed by atoms with Crippen LogP contribution in [0.25, 0.3) is 0 Å². The van der Waals surface area contributed by atoms with Gasteiger partial charge in [0.1, 0.15) is 18.5 Å². The fourth-order valence-corrected chi connectivity index (χ4v) is 5.08. The van der Waals surface area contributed by atoms with E-state index in [-0.39, 0.29) is 18.1 Å². The third kappa shape index (κ3) is 7.29. The number of ether oxygens (including phenoxy) is 3. The quantitative estimate of drug-likeness (QED) is 0.348. The van der Waals surface area contributed by atoms with E-state index in [0.29, 0.717) is 29.7 Å². The van der Waals surface area contributed by atoms with Crippen LogP contribution in [0, 0.1) is 0 Å². The molecule has 0 N–H and O–H groups in total. The molecule has 2 aliphatic rings. The summed E-state index contributed by atoms with van der Waals surface area (Å²) in [5.41, 5.74) is 2.09. The highest BCUT2D eigenvalue weighted by Crippen LogP contribution is 2.27. The molecule has 2 aromatic carbocycles. The van der Waals surface area contributed by atoms with Crippen LogP contribution in [0.5, 0.6) is 5.75 Å². The molecule has 2 aliphatic heterocycles. The van der Waals surface area contributed by atoms with Gasteiger partial charge in [0, 0.05) is 62.9 Å². The van der Waals surface area contributed by atoms with Crippen LogP contribution in [0.1, 0.15) is 12.5 Å². The third-order valence-electron chi connectivity index (χ3n) is 6.71. The Hall–Kier alpha value is -2.52. The number of amides is 1. The first-order chi connectivity index (χ1) is 17.8. The summed E-state index contributed by atoms with van der Waals surface area (Å²) in [6.45, 7) is 5.59. The lowest BCUT2D eigenvalue weighted by molar-refractivity contribution is -0.129. The van der Waals surface area contributed by atoms with Crippen LogP contribution in [0.3, 0.4) is 0 Å². The first kappa shape index (κ1) is 27.5. The van der Waals surface area contributed by atoms with Crippen molar-refractivity contribution in [2.45, 2.75) is 31.8 Å². The van der Waals surface area contributed by atoms with Crippen LogP contribution in [0.2, 0.25) is 10.0 Å². The van der Waals surface area contributed by atoms with Crippen molar-refractivity contribution in [3.8, 4) is 5.75 Å². The minimum absolute atomic E-state index is 0.130. The molecule has 10 heteroatoms. The molecule has 0 bridgehead atoms. The minimum atomic E-state index is -0.459. The van der Waals surface area contributed by atoms with Gasteiger partial charge in [-0.1, -0.05) is 29.3 Å². The van der Waals surface area contributed by atoms with E-state index in [1.54, 1.807) is 26.4 Å². The summed E-state index contributed by atoms with van der Waals surface area (Å²) in [6, 6.07) is 13.4. The zero-order valence-electron chi connectivity index (χ0n) is 21.5. The SMILES string of the molecule is CN=CN(C)C(Cc1ccc(Cl)cc1Cl)[C@H]1OC[C@@H](COc2ccc(N3CCN(C(C)=O)CC3)cc2)O1. The van der Waals surface area contributed by atoms with Crippen molar-refractivity contribution < 1.29 is 19.0 Å².